The monoisotopic (exact) mass is 450 g/mol. The first-order valence-electron chi connectivity index (χ1n) is 12.2. The lowest BCUT2D eigenvalue weighted by atomic mass is 9.91. The maximum Gasteiger partial charge on any atom is 0.161 e. The minimum atomic E-state index is -0.574. The third kappa shape index (κ3) is 7.59. The van der Waals surface area contributed by atoms with Gasteiger partial charge in [0.05, 0.1) is 25.9 Å². The Morgan fingerprint density at radius 3 is 2.69 bits per heavy atom. The van der Waals surface area contributed by atoms with E-state index in [1.54, 1.807) is 7.11 Å². The molecule has 0 aromatic heterocycles. The Morgan fingerprint density at radius 1 is 1.16 bits per heavy atom. The number of aliphatic hydroxyl groups is 2. The molecular weight excluding hydrogens is 408 g/mol. The molecule has 1 aliphatic heterocycles. The van der Waals surface area contributed by atoms with Crippen LogP contribution in [0.5, 0.6) is 11.5 Å². The van der Waals surface area contributed by atoms with Crippen LogP contribution in [0, 0.1) is 0 Å². The summed E-state index contributed by atoms with van der Waals surface area (Å²) in [5, 5.41) is 23.2. The number of aliphatic hydroxyl groups excluding tert-OH is 2. The van der Waals surface area contributed by atoms with Gasteiger partial charge in [0.1, 0.15) is 12.7 Å². The minimum absolute atomic E-state index is 0.182. The summed E-state index contributed by atoms with van der Waals surface area (Å²) in [4.78, 5) is 2.43. The number of nitrogens with zero attached hydrogens (tertiary/aromatic N) is 1. The normalized spacial score (nSPS) is 25.2. The quantitative estimate of drug-likeness (QED) is 0.451. The van der Waals surface area contributed by atoms with Crippen molar-refractivity contribution in [2.45, 2.75) is 82.8 Å². The van der Waals surface area contributed by atoms with E-state index in [9.17, 15) is 10.2 Å². The highest BCUT2D eigenvalue weighted by atomic mass is 16.5. The van der Waals surface area contributed by atoms with Gasteiger partial charge in [0.2, 0.25) is 0 Å². The minimum Gasteiger partial charge on any atom is -0.493 e. The smallest absolute Gasteiger partial charge is 0.161 e. The molecule has 1 saturated heterocycles. The van der Waals surface area contributed by atoms with E-state index in [-0.39, 0.29) is 18.8 Å². The molecule has 182 valence electrons. The van der Waals surface area contributed by atoms with Crippen LogP contribution in [0.4, 0.5) is 0 Å². The molecule has 4 atom stereocenters. The molecule has 0 radical (unpaired) electrons. The summed E-state index contributed by atoms with van der Waals surface area (Å²) in [6.07, 6.45) is 5.91. The fraction of sp³-hybridized carbons (Fsp3) is 0.760. The molecule has 1 heterocycles. The highest BCUT2D eigenvalue weighted by Crippen LogP contribution is 2.30. The molecule has 3 rings (SSSR count). The third-order valence-corrected chi connectivity index (χ3v) is 6.48. The number of methoxy groups -OCH3 is 1. The summed E-state index contributed by atoms with van der Waals surface area (Å²) in [5.74, 6) is 1.31. The largest absolute Gasteiger partial charge is 0.493 e. The zero-order valence-corrected chi connectivity index (χ0v) is 20.0. The number of benzene rings is 1. The fourth-order valence-electron chi connectivity index (χ4n) is 4.69. The second-order valence-corrected chi connectivity index (χ2v) is 9.46. The Balaban J connectivity index is 1.47. The van der Waals surface area contributed by atoms with Gasteiger partial charge < -0.3 is 29.7 Å². The van der Waals surface area contributed by atoms with E-state index in [4.69, 9.17) is 14.2 Å². The van der Waals surface area contributed by atoms with Crippen LogP contribution in [0.15, 0.2) is 18.2 Å². The SMILES string of the molecule is COc1cc(CCO[C@H]2CCCC[C@@H]2N2CC[C@H](O)C2)ccc1OCC(O)CNC(C)C. The molecule has 32 heavy (non-hydrogen) atoms. The van der Waals surface area contributed by atoms with Gasteiger partial charge in [-0.3, -0.25) is 4.90 Å². The van der Waals surface area contributed by atoms with Crippen molar-refractivity contribution in [1.29, 1.82) is 0 Å². The van der Waals surface area contributed by atoms with Crippen molar-refractivity contribution in [3.05, 3.63) is 23.8 Å². The summed E-state index contributed by atoms with van der Waals surface area (Å²) >= 11 is 0. The standard InChI is InChI=1S/C25H42N2O5/c1-18(2)26-15-21(29)17-32-24-9-8-19(14-25(24)30-3)11-13-31-23-7-5-4-6-22(23)27-12-10-20(28)16-27/h8-9,14,18,20-23,26,28-29H,4-7,10-13,15-17H2,1-3H3/t20-,21?,22-,23-/m0/s1. The molecular formula is C25H42N2O5. The molecule has 0 bridgehead atoms. The molecule has 1 saturated carbocycles. The van der Waals surface area contributed by atoms with Crippen molar-refractivity contribution in [1.82, 2.24) is 10.2 Å². The van der Waals surface area contributed by atoms with E-state index in [2.05, 4.69) is 10.2 Å². The molecule has 7 nitrogen and oxygen atoms in total. The van der Waals surface area contributed by atoms with Gasteiger partial charge in [-0.15, -0.1) is 0 Å². The highest BCUT2D eigenvalue weighted by Gasteiger charge is 2.34. The maximum atomic E-state index is 10.1. The second kappa shape index (κ2) is 12.8. The number of hydrogen-bond donors (Lipinski definition) is 3. The first-order valence-corrected chi connectivity index (χ1v) is 12.2. The molecule has 1 aliphatic carbocycles. The first-order chi connectivity index (χ1) is 15.5. The summed E-state index contributed by atoms with van der Waals surface area (Å²) < 4.78 is 17.6. The Kier molecular flexibility index (Phi) is 10.1. The van der Waals surface area contributed by atoms with Crippen LogP contribution in [-0.4, -0.2) is 85.5 Å². The topological polar surface area (TPSA) is 83.4 Å². The molecule has 3 N–H and O–H groups in total. The molecule has 0 spiro atoms. The summed E-state index contributed by atoms with van der Waals surface area (Å²) in [6.45, 7) is 7.23. The predicted molar refractivity (Wildman–Crippen MR) is 126 cm³/mol. The average Bonchev–Trinajstić information content (AvgIpc) is 3.23. The summed E-state index contributed by atoms with van der Waals surface area (Å²) in [5.41, 5.74) is 1.14. The predicted octanol–water partition coefficient (Wildman–Crippen LogP) is 2.37. The number of hydrogen-bond acceptors (Lipinski definition) is 7. The van der Waals surface area contributed by atoms with Gasteiger partial charge in [0.25, 0.3) is 0 Å². The molecule has 0 amide bonds. The van der Waals surface area contributed by atoms with Crippen molar-refractivity contribution >= 4 is 0 Å². The number of likely N-dealkylation sites (tertiary alicyclic amines) is 1. The lowest BCUT2D eigenvalue weighted by molar-refractivity contribution is -0.0316. The van der Waals surface area contributed by atoms with E-state index < -0.39 is 6.10 Å². The molecule has 7 heteroatoms. The van der Waals surface area contributed by atoms with Gasteiger partial charge in [-0.2, -0.15) is 0 Å². The zero-order chi connectivity index (χ0) is 22.9. The Hall–Kier alpha value is -1.38. The second-order valence-electron chi connectivity index (χ2n) is 9.46. The third-order valence-electron chi connectivity index (χ3n) is 6.48. The van der Waals surface area contributed by atoms with Crippen LogP contribution in [0.3, 0.4) is 0 Å². The Morgan fingerprint density at radius 2 is 1.97 bits per heavy atom. The van der Waals surface area contributed by atoms with Gasteiger partial charge >= 0.3 is 0 Å². The molecule has 1 aromatic carbocycles. The molecule has 2 aliphatic rings. The number of rotatable bonds is 12. The molecule has 1 aromatic rings. The van der Waals surface area contributed by atoms with Crippen LogP contribution >= 0.6 is 0 Å². The van der Waals surface area contributed by atoms with E-state index in [1.165, 1.54) is 12.8 Å². The van der Waals surface area contributed by atoms with Gasteiger partial charge in [-0.1, -0.05) is 32.8 Å². The van der Waals surface area contributed by atoms with E-state index in [0.717, 1.165) is 44.3 Å². The number of ether oxygens (including phenoxy) is 3. The van der Waals surface area contributed by atoms with Crippen LogP contribution in [0.25, 0.3) is 0 Å². The van der Waals surface area contributed by atoms with Crippen molar-refractivity contribution in [2.75, 3.05) is 40.0 Å². The van der Waals surface area contributed by atoms with E-state index in [0.29, 0.717) is 36.7 Å². The van der Waals surface area contributed by atoms with Crippen LogP contribution < -0.4 is 14.8 Å². The van der Waals surface area contributed by atoms with E-state index in [1.807, 2.05) is 32.0 Å². The average molecular weight is 451 g/mol. The van der Waals surface area contributed by atoms with Gasteiger partial charge in [0, 0.05) is 31.7 Å². The van der Waals surface area contributed by atoms with Crippen molar-refractivity contribution in [3.8, 4) is 11.5 Å². The molecule has 2 fully saturated rings. The summed E-state index contributed by atoms with van der Waals surface area (Å²) in [6, 6.07) is 6.70. The van der Waals surface area contributed by atoms with Crippen molar-refractivity contribution in [2.24, 2.45) is 0 Å². The van der Waals surface area contributed by atoms with Crippen molar-refractivity contribution < 1.29 is 24.4 Å². The van der Waals surface area contributed by atoms with E-state index >= 15 is 0 Å². The van der Waals surface area contributed by atoms with Gasteiger partial charge in [-0.05, 0) is 43.4 Å². The lowest BCUT2D eigenvalue weighted by Crippen LogP contribution is -2.46. The highest BCUT2D eigenvalue weighted by molar-refractivity contribution is 5.43. The van der Waals surface area contributed by atoms with Crippen LogP contribution in [0.1, 0.15) is 51.5 Å². The van der Waals surface area contributed by atoms with Gasteiger partial charge in [0.15, 0.2) is 11.5 Å². The van der Waals surface area contributed by atoms with Crippen LogP contribution in [-0.2, 0) is 11.2 Å². The zero-order valence-electron chi connectivity index (χ0n) is 20.0. The van der Waals surface area contributed by atoms with Gasteiger partial charge in [-0.25, -0.2) is 0 Å². The van der Waals surface area contributed by atoms with Crippen LogP contribution in [0.2, 0.25) is 0 Å². The first kappa shape index (κ1) is 25.2. The fourth-order valence-corrected chi connectivity index (χ4v) is 4.69. The summed E-state index contributed by atoms with van der Waals surface area (Å²) in [7, 11) is 1.64. The number of β-amino-alcohol motifs (C(OH)–C–C–N with tert-alkyl or cyclic N) is 1. The van der Waals surface area contributed by atoms with Crippen molar-refractivity contribution in [3.63, 3.8) is 0 Å². The number of nitrogens with one attached hydrogen (secondary N) is 1. The molecule has 1 unspecified atom stereocenters. The Bertz CT molecular complexity index is 686. The Labute approximate surface area is 193 Å². The maximum absolute atomic E-state index is 10.1. The lowest BCUT2D eigenvalue weighted by Gasteiger charge is -2.37.